The van der Waals surface area contributed by atoms with E-state index in [1.165, 1.54) is 18.1 Å². The molecule has 0 fully saturated rings. The zero-order valence-corrected chi connectivity index (χ0v) is 8.85. The molecule has 0 aromatic carbocycles. The number of nitrogens with zero attached hydrogens (tertiary/aromatic N) is 5. The summed E-state index contributed by atoms with van der Waals surface area (Å²) in [5, 5.41) is 7.86. The Hall–Kier alpha value is -2.09. The molecule has 3 rings (SSSR count). The van der Waals surface area contributed by atoms with E-state index >= 15 is 0 Å². The first-order valence-electron chi connectivity index (χ1n) is 4.45. The summed E-state index contributed by atoms with van der Waals surface area (Å²) in [5.41, 5.74) is 6.44. The zero-order valence-electron chi connectivity index (χ0n) is 8.03. The highest BCUT2D eigenvalue weighted by Gasteiger charge is 2.09. The topological polar surface area (TPSA) is 97.8 Å². The molecule has 16 heavy (non-hydrogen) atoms. The molecule has 0 aliphatic heterocycles. The van der Waals surface area contributed by atoms with Crippen LogP contribution in [-0.2, 0) is 0 Å². The molecule has 7 nitrogen and oxygen atoms in total. The van der Waals surface area contributed by atoms with Gasteiger partial charge in [0.05, 0.1) is 6.20 Å². The Bertz CT molecular complexity index is 614. The molecule has 0 atom stereocenters. The van der Waals surface area contributed by atoms with Gasteiger partial charge in [0.1, 0.15) is 17.2 Å². The number of imidazole rings is 1. The third kappa shape index (κ3) is 1.48. The van der Waals surface area contributed by atoms with E-state index < -0.39 is 0 Å². The molecule has 0 aliphatic rings. The molecule has 0 spiro atoms. The average molecular weight is 233 g/mol. The minimum absolute atomic E-state index is 0.438. The van der Waals surface area contributed by atoms with Crippen LogP contribution in [0.25, 0.3) is 5.65 Å². The van der Waals surface area contributed by atoms with Gasteiger partial charge in [-0.05, 0) is 11.8 Å². The third-order valence-corrected chi connectivity index (χ3v) is 2.81. The van der Waals surface area contributed by atoms with Gasteiger partial charge in [-0.1, -0.05) is 0 Å². The molecular weight excluding hydrogens is 226 g/mol. The lowest BCUT2D eigenvalue weighted by atomic mass is 10.6. The van der Waals surface area contributed by atoms with E-state index in [2.05, 4.69) is 25.1 Å². The van der Waals surface area contributed by atoms with Crippen molar-refractivity contribution in [3.05, 3.63) is 24.9 Å². The Morgan fingerprint density at radius 2 is 2.31 bits per heavy atom. The molecule has 3 aromatic heterocycles. The Labute approximate surface area is 94.1 Å². The van der Waals surface area contributed by atoms with Crippen molar-refractivity contribution in [2.75, 3.05) is 5.73 Å². The molecule has 3 heterocycles. The Balaban J connectivity index is 2.11. The molecule has 3 aromatic rings. The third-order valence-electron chi connectivity index (χ3n) is 1.95. The van der Waals surface area contributed by atoms with Gasteiger partial charge in [0, 0.05) is 12.4 Å². The van der Waals surface area contributed by atoms with Crippen LogP contribution in [0.1, 0.15) is 0 Å². The van der Waals surface area contributed by atoms with Gasteiger partial charge in [0.15, 0.2) is 10.8 Å². The fourth-order valence-corrected chi connectivity index (χ4v) is 2.11. The molecule has 0 saturated carbocycles. The van der Waals surface area contributed by atoms with E-state index in [9.17, 15) is 0 Å². The molecule has 0 bridgehead atoms. The number of nitrogens with one attached hydrogen (secondary N) is 1. The Kier molecular flexibility index (Phi) is 2.00. The number of anilines is 1. The van der Waals surface area contributed by atoms with Gasteiger partial charge >= 0.3 is 0 Å². The van der Waals surface area contributed by atoms with Crippen molar-refractivity contribution in [3.63, 3.8) is 0 Å². The quantitative estimate of drug-likeness (QED) is 0.672. The van der Waals surface area contributed by atoms with Gasteiger partial charge in [-0.15, -0.1) is 0 Å². The first kappa shape index (κ1) is 9.16. The number of aromatic amines is 1. The molecule has 0 saturated heterocycles. The first-order chi connectivity index (χ1) is 7.83. The number of aromatic nitrogens is 6. The van der Waals surface area contributed by atoms with Crippen LogP contribution < -0.4 is 5.73 Å². The average Bonchev–Trinajstić information content (AvgIpc) is 2.87. The first-order valence-corrected chi connectivity index (χ1v) is 5.27. The lowest BCUT2D eigenvalue weighted by molar-refractivity contribution is 0.963. The maximum absolute atomic E-state index is 5.69. The van der Waals surface area contributed by atoms with Crippen LogP contribution in [0.4, 0.5) is 5.82 Å². The van der Waals surface area contributed by atoms with Gasteiger partial charge < -0.3 is 10.1 Å². The van der Waals surface area contributed by atoms with Crippen LogP contribution in [0, 0.1) is 0 Å². The number of H-pyrrole nitrogens is 1. The maximum atomic E-state index is 5.69. The fourth-order valence-electron chi connectivity index (χ4n) is 1.32. The summed E-state index contributed by atoms with van der Waals surface area (Å²) in [4.78, 5) is 12.4. The largest absolute Gasteiger partial charge is 0.382 e. The second kappa shape index (κ2) is 3.49. The van der Waals surface area contributed by atoms with E-state index in [0.717, 1.165) is 5.65 Å². The second-order valence-electron chi connectivity index (χ2n) is 3.02. The second-order valence-corrected chi connectivity index (χ2v) is 4.00. The van der Waals surface area contributed by atoms with Gasteiger partial charge in [0.25, 0.3) is 0 Å². The van der Waals surface area contributed by atoms with E-state index in [4.69, 9.17) is 5.73 Å². The number of nitrogen functional groups attached to an aromatic ring is 1. The smallest absolute Gasteiger partial charge is 0.189 e. The zero-order chi connectivity index (χ0) is 11.0. The van der Waals surface area contributed by atoms with Crippen LogP contribution >= 0.6 is 11.8 Å². The number of hydrogen-bond acceptors (Lipinski definition) is 6. The van der Waals surface area contributed by atoms with E-state index in [0.29, 0.717) is 16.0 Å². The maximum Gasteiger partial charge on any atom is 0.189 e. The molecule has 80 valence electrons. The molecule has 3 N–H and O–H groups in total. The predicted octanol–water partition coefficient (Wildman–Crippen LogP) is 0.581. The monoisotopic (exact) mass is 233 g/mol. The van der Waals surface area contributed by atoms with Crippen LogP contribution in [-0.4, -0.2) is 29.5 Å². The predicted molar refractivity (Wildman–Crippen MR) is 57.9 cm³/mol. The molecule has 0 unspecified atom stereocenters. The molecule has 0 radical (unpaired) electrons. The molecule has 0 aliphatic carbocycles. The standard InChI is InChI=1S/C8H7N7S/c9-5-3-15-2-1-10-6(15)7(13-5)16-8-11-4-12-14-8/h1-4H,9H2,(H,11,12,14). The summed E-state index contributed by atoms with van der Waals surface area (Å²) in [6.07, 6.45) is 6.67. The van der Waals surface area contributed by atoms with Crippen LogP contribution in [0.5, 0.6) is 0 Å². The van der Waals surface area contributed by atoms with E-state index in [1.54, 1.807) is 12.4 Å². The lowest BCUT2D eigenvalue weighted by Crippen LogP contribution is -1.97. The van der Waals surface area contributed by atoms with Crippen molar-refractivity contribution >= 4 is 23.2 Å². The van der Waals surface area contributed by atoms with Crippen molar-refractivity contribution in [2.24, 2.45) is 0 Å². The van der Waals surface area contributed by atoms with Gasteiger partial charge in [0.2, 0.25) is 0 Å². The highest BCUT2D eigenvalue weighted by Crippen LogP contribution is 2.26. The number of fused-ring (bicyclic) bond motifs is 1. The van der Waals surface area contributed by atoms with E-state index in [1.807, 2.05) is 10.6 Å². The van der Waals surface area contributed by atoms with Gasteiger partial charge in [-0.25, -0.2) is 15.0 Å². The van der Waals surface area contributed by atoms with E-state index in [-0.39, 0.29) is 0 Å². The summed E-state index contributed by atoms with van der Waals surface area (Å²) in [6, 6.07) is 0. The summed E-state index contributed by atoms with van der Waals surface area (Å²) >= 11 is 1.34. The summed E-state index contributed by atoms with van der Waals surface area (Å²) in [7, 11) is 0. The number of hydrogen-bond donors (Lipinski definition) is 2. The van der Waals surface area contributed by atoms with Crippen LogP contribution in [0.2, 0.25) is 0 Å². The van der Waals surface area contributed by atoms with Crippen molar-refractivity contribution < 1.29 is 0 Å². The molecule has 0 amide bonds. The Morgan fingerprint density at radius 3 is 3.12 bits per heavy atom. The highest BCUT2D eigenvalue weighted by molar-refractivity contribution is 7.99. The van der Waals surface area contributed by atoms with Gasteiger partial charge in [-0.3, -0.25) is 5.10 Å². The van der Waals surface area contributed by atoms with Crippen LogP contribution in [0.3, 0.4) is 0 Å². The molecule has 8 heteroatoms. The Morgan fingerprint density at radius 1 is 1.38 bits per heavy atom. The summed E-state index contributed by atoms with van der Waals surface area (Å²) < 4.78 is 1.82. The van der Waals surface area contributed by atoms with Gasteiger partial charge in [-0.2, -0.15) is 5.10 Å². The SMILES string of the molecule is Nc1cn2ccnc2c(Sc2ncn[nH]2)n1. The number of rotatable bonds is 2. The molecular formula is C8H7N7S. The van der Waals surface area contributed by atoms with Crippen LogP contribution in [0.15, 0.2) is 35.1 Å². The summed E-state index contributed by atoms with van der Waals surface area (Å²) in [5.74, 6) is 0.438. The normalized spacial score (nSPS) is 11.0. The lowest BCUT2D eigenvalue weighted by Gasteiger charge is -2.01. The summed E-state index contributed by atoms with van der Waals surface area (Å²) in [6.45, 7) is 0. The number of nitrogens with two attached hydrogens (primary N) is 1. The van der Waals surface area contributed by atoms with Crippen molar-refractivity contribution in [2.45, 2.75) is 10.2 Å². The fraction of sp³-hybridized carbons (Fsp3) is 0. The minimum atomic E-state index is 0.438. The minimum Gasteiger partial charge on any atom is -0.382 e. The van der Waals surface area contributed by atoms with Crippen molar-refractivity contribution in [1.29, 1.82) is 0 Å². The van der Waals surface area contributed by atoms with Crippen molar-refractivity contribution in [1.82, 2.24) is 29.5 Å². The highest BCUT2D eigenvalue weighted by atomic mass is 32.2. The van der Waals surface area contributed by atoms with Crippen molar-refractivity contribution in [3.8, 4) is 0 Å².